The quantitative estimate of drug-likeness (QED) is 0.681. The molecular weight excluding hydrogens is 283 g/mol. The topological polar surface area (TPSA) is 20.2 Å². The Morgan fingerprint density at radius 3 is 2.67 bits per heavy atom. The predicted octanol–water partition coefficient (Wildman–Crippen LogP) is 4.08. The average molecular weight is 300 g/mol. The van der Waals surface area contributed by atoms with Crippen molar-refractivity contribution in [2.24, 2.45) is 0 Å². The molecule has 0 aliphatic carbocycles. The summed E-state index contributed by atoms with van der Waals surface area (Å²) in [5.74, 6) is 5.56. The molecule has 0 radical (unpaired) electrons. The minimum Gasteiger partial charge on any atom is -0.384 e. The van der Waals surface area contributed by atoms with Gasteiger partial charge in [-0.3, -0.25) is 0 Å². The third-order valence-corrected chi connectivity index (χ3v) is 4.30. The number of aliphatic hydroxyl groups is 1. The fourth-order valence-electron chi connectivity index (χ4n) is 1.90. The first-order chi connectivity index (χ1) is 10.1. The van der Waals surface area contributed by atoms with Crippen LogP contribution in [0.4, 0.5) is 4.39 Å². The van der Waals surface area contributed by atoms with Crippen molar-refractivity contribution >= 4 is 11.8 Å². The third kappa shape index (κ3) is 4.35. The Morgan fingerprint density at radius 1 is 1.14 bits per heavy atom. The molecule has 0 saturated carbocycles. The monoisotopic (exact) mass is 300 g/mol. The van der Waals surface area contributed by atoms with Crippen LogP contribution in [0.15, 0.2) is 41.3 Å². The zero-order chi connectivity index (χ0) is 15.2. The second-order valence-corrected chi connectivity index (χ2v) is 5.84. The Morgan fingerprint density at radius 2 is 1.95 bits per heavy atom. The fraction of sp³-hybridized carbons (Fsp3) is 0.222. The Hall–Kier alpha value is -1.76. The van der Waals surface area contributed by atoms with Gasteiger partial charge >= 0.3 is 0 Å². The SMILES string of the molecule is Cc1ccc(C)c(SCc2ccc(C#CCO)cc2F)c1. The summed E-state index contributed by atoms with van der Waals surface area (Å²) in [7, 11) is 0. The van der Waals surface area contributed by atoms with E-state index in [1.165, 1.54) is 22.1 Å². The van der Waals surface area contributed by atoms with Gasteiger partial charge in [0.1, 0.15) is 12.4 Å². The summed E-state index contributed by atoms with van der Waals surface area (Å²) < 4.78 is 14.0. The van der Waals surface area contributed by atoms with E-state index < -0.39 is 0 Å². The standard InChI is InChI=1S/C18H17FOS/c1-13-5-6-14(2)18(10-13)21-12-16-8-7-15(4-3-9-20)11-17(16)19/h5-8,10-11,20H,9,12H2,1-2H3. The lowest BCUT2D eigenvalue weighted by atomic mass is 10.1. The van der Waals surface area contributed by atoms with Crippen molar-refractivity contribution in [1.82, 2.24) is 0 Å². The number of aryl methyl sites for hydroxylation is 2. The lowest BCUT2D eigenvalue weighted by Crippen LogP contribution is -1.90. The summed E-state index contributed by atoms with van der Waals surface area (Å²) in [6.45, 7) is 3.90. The first-order valence-electron chi connectivity index (χ1n) is 6.68. The number of benzene rings is 2. The summed E-state index contributed by atoms with van der Waals surface area (Å²) in [6.07, 6.45) is 0. The second kappa shape index (κ2) is 7.31. The van der Waals surface area contributed by atoms with E-state index in [1.807, 2.05) is 0 Å². The molecule has 0 aliphatic rings. The first-order valence-corrected chi connectivity index (χ1v) is 7.67. The predicted molar refractivity (Wildman–Crippen MR) is 85.8 cm³/mol. The number of thioether (sulfide) groups is 1. The van der Waals surface area contributed by atoms with E-state index in [4.69, 9.17) is 5.11 Å². The number of hydrogen-bond acceptors (Lipinski definition) is 2. The molecule has 2 rings (SSSR count). The van der Waals surface area contributed by atoms with Crippen molar-refractivity contribution in [2.75, 3.05) is 6.61 Å². The zero-order valence-electron chi connectivity index (χ0n) is 12.1. The summed E-state index contributed by atoms with van der Waals surface area (Å²) in [4.78, 5) is 1.18. The van der Waals surface area contributed by atoms with E-state index >= 15 is 0 Å². The Labute approximate surface area is 129 Å². The van der Waals surface area contributed by atoms with Crippen LogP contribution in [0.5, 0.6) is 0 Å². The summed E-state index contributed by atoms with van der Waals surface area (Å²) in [6, 6.07) is 11.2. The van der Waals surface area contributed by atoms with E-state index in [0.717, 1.165) is 0 Å². The van der Waals surface area contributed by atoms with Crippen LogP contribution in [0, 0.1) is 31.5 Å². The molecular formula is C18H17FOS. The van der Waals surface area contributed by atoms with Crippen LogP contribution in [0.1, 0.15) is 22.3 Å². The number of hydrogen-bond donors (Lipinski definition) is 1. The van der Waals surface area contributed by atoms with E-state index in [1.54, 1.807) is 23.9 Å². The second-order valence-electron chi connectivity index (χ2n) is 4.82. The zero-order valence-corrected chi connectivity index (χ0v) is 12.9. The molecule has 2 aromatic carbocycles. The van der Waals surface area contributed by atoms with E-state index in [2.05, 4.69) is 43.9 Å². The summed E-state index contributed by atoms with van der Waals surface area (Å²) >= 11 is 1.64. The van der Waals surface area contributed by atoms with Gasteiger partial charge in [0, 0.05) is 16.2 Å². The Balaban J connectivity index is 2.11. The fourth-order valence-corrected chi connectivity index (χ4v) is 3.01. The van der Waals surface area contributed by atoms with Crippen molar-refractivity contribution < 1.29 is 9.50 Å². The van der Waals surface area contributed by atoms with Gasteiger partial charge in [-0.05, 0) is 43.2 Å². The highest BCUT2D eigenvalue weighted by Crippen LogP contribution is 2.28. The lowest BCUT2D eigenvalue weighted by molar-refractivity contribution is 0.350. The van der Waals surface area contributed by atoms with Crippen molar-refractivity contribution in [3.05, 3.63) is 64.5 Å². The van der Waals surface area contributed by atoms with Crippen LogP contribution in [-0.4, -0.2) is 11.7 Å². The van der Waals surface area contributed by atoms with Crippen LogP contribution in [-0.2, 0) is 5.75 Å². The number of aliphatic hydroxyl groups excluding tert-OH is 1. The minimum absolute atomic E-state index is 0.216. The molecule has 0 aromatic heterocycles. The molecule has 0 aliphatic heterocycles. The largest absolute Gasteiger partial charge is 0.384 e. The van der Waals surface area contributed by atoms with Gasteiger partial charge in [0.05, 0.1) is 0 Å². The third-order valence-electron chi connectivity index (χ3n) is 3.09. The maximum Gasteiger partial charge on any atom is 0.128 e. The molecule has 0 amide bonds. The van der Waals surface area contributed by atoms with Gasteiger partial charge in [0.2, 0.25) is 0 Å². The maximum atomic E-state index is 14.0. The molecule has 0 heterocycles. The molecule has 0 spiro atoms. The molecule has 1 N–H and O–H groups in total. The van der Waals surface area contributed by atoms with Crippen LogP contribution in [0.3, 0.4) is 0 Å². The molecule has 2 aromatic rings. The molecule has 1 nitrogen and oxygen atoms in total. The molecule has 0 atom stereocenters. The number of halogens is 1. The first kappa shape index (κ1) is 15.6. The van der Waals surface area contributed by atoms with Gasteiger partial charge in [-0.15, -0.1) is 11.8 Å². The van der Waals surface area contributed by atoms with E-state index in [-0.39, 0.29) is 12.4 Å². The number of rotatable bonds is 3. The van der Waals surface area contributed by atoms with Crippen molar-refractivity contribution in [3.8, 4) is 11.8 Å². The Bertz CT molecular complexity index is 698. The molecule has 108 valence electrons. The molecule has 0 unspecified atom stereocenters. The molecule has 21 heavy (non-hydrogen) atoms. The van der Waals surface area contributed by atoms with Crippen molar-refractivity contribution in [3.63, 3.8) is 0 Å². The average Bonchev–Trinajstić information content (AvgIpc) is 2.47. The van der Waals surface area contributed by atoms with E-state index in [9.17, 15) is 4.39 Å². The van der Waals surface area contributed by atoms with Gasteiger partial charge in [0.15, 0.2) is 0 Å². The van der Waals surface area contributed by atoms with Crippen molar-refractivity contribution in [2.45, 2.75) is 24.5 Å². The van der Waals surface area contributed by atoms with Crippen LogP contribution in [0.25, 0.3) is 0 Å². The smallest absolute Gasteiger partial charge is 0.128 e. The molecule has 0 bridgehead atoms. The van der Waals surface area contributed by atoms with Crippen LogP contribution < -0.4 is 0 Å². The Kier molecular flexibility index (Phi) is 5.44. The van der Waals surface area contributed by atoms with Crippen LogP contribution >= 0.6 is 11.8 Å². The normalized spacial score (nSPS) is 10.1. The van der Waals surface area contributed by atoms with Gasteiger partial charge in [-0.2, -0.15) is 0 Å². The van der Waals surface area contributed by atoms with Crippen LogP contribution in [0.2, 0.25) is 0 Å². The summed E-state index contributed by atoms with van der Waals surface area (Å²) in [5, 5.41) is 8.64. The van der Waals surface area contributed by atoms with Gasteiger partial charge < -0.3 is 5.11 Å². The molecule has 3 heteroatoms. The van der Waals surface area contributed by atoms with E-state index in [0.29, 0.717) is 16.9 Å². The maximum absolute atomic E-state index is 14.0. The van der Waals surface area contributed by atoms with Gasteiger partial charge in [0.25, 0.3) is 0 Å². The molecule has 0 saturated heterocycles. The highest BCUT2D eigenvalue weighted by atomic mass is 32.2. The minimum atomic E-state index is -0.252. The summed E-state index contributed by atoms with van der Waals surface area (Å²) in [5.41, 5.74) is 3.66. The van der Waals surface area contributed by atoms with Gasteiger partial charge in [-0.1, -0.05) is 35.6 Å². The molecule has 0 fully saturated rings. The lowest BCUT2D eigenvalue weighted by Gasteiger charge is -2.08. The van der Waals surface area contributed by atoms with Gasteiger partial charge in [-0.25, -0.2) is 4.39 Å². The van der Waals surface area contributed by atoms with Crippen molar-refractivity contribution in [1.29, 1.82) is 0 Å². The highest BCUT2D eigenvalue weighted by Gasteiger charge is 2.05. The highest BCUT2D eigenvalue weighted by molar-refractivity contribution is 7.98.